The molecule has 0 radical (unpaired) electrons. The van der Waals surface area contributed by atoms with Crippen LogP contribution in [0.4, 0.5) is 51.2 Å². The molecular formula is C60H35B2N3SSe2. The molecule has 16 rings (SSSR count). The second-order valence-corrected chi connectivity index (χ2v) is 23.9. The molecule has 68 heavy (non-hydrogen) atoms. The van der Waals surface area contributed by atoms with Crippen LogP contribution in [0.2, 0.25) is 0 Å². The molecule has 0 atom stereocenters. The zero-order valence-electron chi connectivity index (χ0n) is 36.4. The average molecular weight is 1010 g/mol. The molecule has 6 heterocycles. The van der Waals surface area contributed by atoms with Crippen LogP contribution in [0.15, 0.2) is 222 Å². The van der Waals surface area contributed by atoms with E-state index in [1.807, 2.05) is 11.8 Å². The van der Waals surface area contributed by atoms with Gasteiger partial charge in [-0.1, -0.05) is 0 Å². The molecule has 2 aromatic heterocycles. The monoisotopic (exact) mass is 1010 g/mol. The number of rotatable bonds is 3. The van der Waals surface area contributed by atoms with Gasteiger partial charge >= 0.3 is 414 Å². The summed E-state index contributed by atoms with van der Waals surface area (Å²) in [6, 6.07) is 80.8. The van der Waals surface area contributed by atoms with Crippen molar-refractivity contribution in [1.29, 1.82) is 0 Å². The molecule has 0 fully saturated rings. The maximum atomic E-state index is 2.67. The van der Waals surface area contributed by atoms with E-state index >= 15 is 0 Å². The summed E-state index contributed by atoms with van der Waals surface area (Å²) in [6.07, 6.45) is 0. The average Bonchev–Trinajstić information content (AvgIpc) is 3.97. The van der Waals surface area contributed by atoms with Gasteiger partial charge in [-0.25, -0.2) is 0 Å². The SMILES string of the molecule is c1ccc(N2c3cc4c(cc3B3c5ccccc5Sc5c3c2cc2[se]c3ccccc3c52)B2c3ccccc3N(c3ccccc3)c3cc5[se]c6ccccc6c5c(c32)N4c2ccccc2)cc1. The molecule has 12 aromatic rings. The van der Waals surface area contributed by atoms with E-state index in [1.165, 1.54) is 132 Å². The van der Waals surface area contributed by atoms with Crippen LogP contribution in [-0.2, 0) is 0 Å². The van der Waals surface area contributed by atoms with Crippen LogP contribution in [0.1, 0.15) is 0 Å². The Bertz CT molecular complexity index is 4120. The third-order valence-electron chi connectivity index (χ3n) is 14.8. The molecule has 0 unspecified atom stereocenters. The van der Waals surface area contributed by atoms with Crippen molar-refractivity contribution in [3.05, 3.63) is 212 Å². The summed E-state index contributed by atoms with van der Waals surface area (Å²) < 4.78 is 5.85. The van der Waals surface area contributed by atoms with E-state index in [-0.39, 0.29) is 42.4 Å². The zero-order chi connectivity index (χ0) is 44.2. The molecule has 4 aliphatic rings. The minimum atomic E-state index is -0.0177. The van der Waals surface area contributed by atoms with Crippen molar-refractivity contribution in [3.8, 4) is 0 Å². The fourth-order valence-corrected chi connectivity index (χ4v) is 18.5. The standard InChI is InChI=1S/C60H35B2N3SSe2/c1-4-18-36(19-5-1)63-45-28-14-12-26-41(45)61-44-32-43-46(33-47(44)65(38-22-8-3-9-23-38)59-55-39-24-10-16-30-51(39)67-53(55)34-48(63)57(59)61)64(37-20-6-2-7-21-37)49-35-54-56(40-25-11-17-31-52(40)68-54)60-58(49)62(43)42-27-13-15-29-50(42)66-60/h1-35H. The fourth-order valence-electron chi connectivity index (χ4n) is 12.2. The van der Waals surface area contributed by atoms with Crippen LogP contribution >= 0.6 is 11.8 Å². The Labute approximate surface area is 410 Å². The summed E-state index contributed by atoms with van der Waals surface area (Å²) in [5, 5.41) is 5.61. The van der Waals surface area contributed by atoms with Crippen LogP contribution in [0.25, 0.3) is 38.6 Å². The van der Waals surface area contributed by atoms with E-state index in [0.717, 1.165) is 0 Å². The van der Waals surface area contributed by atoms with Crippen molar-refractivity contribution in [2.75, 3.05) is 14.7 Å². The first kappa shape index (κ1) is 38.1. The number of benzene rings is 10. The van der Waals surface area contributed by atoms with Crippen molar-refractivity contribution in [2.24, 2.45) is 0 Å². The van der Waals surface area contributed by atoms with E-state index < -0.39 is 0 Å². The summed E-state index contributed by atoms with van der Waals surface area (Å²) in [4.78, 5) is 10.6. The number of hydrogen-bond acceptors (Lipinski definition) is 4. The second-order valence-electron chi connectivity index (χ2n) is 18.3. The molecule has 10 aromatic carbocycles. The van der Waals surface area contributed by atoms with Gasteiger partial charge in [-0.3, -0.25) is 0 Å². The Morgan fingerprint density at radius 1 is 0.338 bits per heavy atom. The zero-order valence-corrected chi connectivity index (χ0v) is 40.7. The first-order valence-electron chi connectivity index (χ1n) is 23.3. The molecule has 8 heteroatoms. The molecule has 0 N–H and O–H groups in total. The van der Waals surface area contributed by atoms with E-state index in [4.69, 9.17) is 0 Å². The second kappa shape index (κ2) is 14.3. The van der Waals surface area contributed by atoms with Crippen molar-refractivity contribution >= 4 is 177 Å². The molecule has 0 saturated carbocycles. The van der Waals surface area contributed by atoms with Crippen molar-refractivity contribution < 1.29 is 0 Å². The summed E-state index contributed by atoms with van der Waals surface area (Å²) in [6.45, 7) is 0.0272. The van der Waals surface area contributed by atoms with Gasteiger partial charge in [0.2, 0.25) is 0 Å². The van der Waals surface area contributed by atoms with E-state index in [1.54, 1.807) is 0 Å². The maximum absolute atomic E-state index is 2.67. The van der Waals surface area contributed by atoms with Crippen molar-refractivity contribution in [2.45, 2.75) is 9.79 Å². The summed E-state index contributed by atoms with van der Waals surface area (Å²) in [5.41, 5.74) is 19.4. The van der Waals surface area contributed by atoms with Crippen LogP contribution < -0.4 is 47.5 Å². The third kappa shape index (κ3) is 5.14. The van der Waals surface area contributed by atoms with Gasteiger partial charge in [0.15, 0.2) is 0 Å². The normalized spacial score (nSPS) is 14.0. The quantitative estimate of drug-likeness (QED) is 0.163. The van der Waals surface area contributed by atoms with Gasteiger partial charge in [-0.05, 0) is 0 Å². The number of nitrogens with zero attached hydrogens (tertiary/aromatic N) is 3. The molecule has 0 saturated heterocycles. The number of fused-ring (bicyclic) bond motifs is 16. The van der Waals surface area contributed by atoms with Gasteiger partial charge in [0.25, 0.3) is 0 Å². The van der Waals surface area contributed by atoms with Crippen molar-refractivity contribution in [3.63, 3.8) is 0 Å². The Balaban J connectivity index is 1.08. The van der Waals surface area contributed by atoms with Crippen LogP contribution in [0.3, 0.4) is 0 Å². The molecule has 0 bridgehead atoms. The Morgan fingerprint density at radius 3 is 1.50 bits per heavy atom. The summed E-state index contributed by atoms with van der Waals surface area (Å²) >= 11 is 2.34. The number of para-hydroxylation sites is 4. The molecule has 0 amide bonds. The molecule has 3 nitrogen and oxygen atoms in total. The van der Waals surface area contributed by atoms with Gasteiger partial charge in [0.05, 0.1) is 0 Å². The van der Waals surface area contributed by atoms with Crippen LogP contribution in [0.5, 0.6) is 0 Å². The van der Waals surface area contributed by atoms with Gasteiger partial charge in [-0.15, -0.1) is 0 Å². The van der Waals surface area contributed by atoms with E-state index in [0.29, 0.717) is 0 Å². The first-order valence-corrected chi connectivity index (χ1v) is 27.6. The predicted molar refractivity (Wildman–Crippen MR) is 294 cm³/mol. The molecular weight excluding hydrogens is 974 g/mol. The third-order valence-corrected chi connectivity index (χ3v) is 20.7. The molecule has 314 valence electrons. The summed E-state index contributed by atoms with van der Waals surface area (Å²) in [5.74, 6) is 0. The van der Waals surface area contributed by atoms with Crippen LogP contribution in [-0.4, -0.2) is 42.4 Å². The topological polar surface area (TPSA) is 9.72 Å². The predicted octanol–water partition coefficient (Wildman–Crippen LogP) is 11.3. The van der Waals surface area contributed by atoms with E-state index in [9.17, 15) is 0 Å². The van der Waals surface area contributed by atoms with Crippen LogP contribution in [0, 0.1) is 0 Å². The van der Waals surface area contributed by atoms with Gasteiger partial charge in [0, 0.05) is 0 Å². The van der Waals surface area contributed by atoms with Gasteiger partial charge in [0.1, 0.15) is 0 Å². The fraction of sp³-hybridized carbons (Fsp3) is 0. The van der Waals surface area contributed by atoms with E-state index in [2.05, 4.69) is 227 Å². The summed E-state index contributed by atoms with van der Waals surface area (Å²) in [7, 11) is 0. The Kier molecular flexibility index (Phi) is 8.03. The van der Waals surface area contributed by atoms with Crippen molar-refractivity contribution in [1.82, 2.24) is 0 Å². The van der Waals surface area contributed by atoms with Gasteiger partial charge < -0.3 is 0 Å². The molecule has 0 aliphatic carbocycles. The Hall–Kier alpha value is -6.88. The first-order chi connectivity index (χ1) is 33.8. The Morgan fingerprint density at radius 2 is 0.824 bits per heavy atom. The number of hydrogen-bond donors (Lipinski definition) is 0. The number of anilines is 9. The molecule has 0 spiro atoms. The van der Waals surface area contributed by atoms with Gasteiger partial charge in [-0.2, -0.15) is 0 Å². The molecule has 4 aliphatic heterocycles. The minimum absolute atomic E-state index is 0.0177.